The second-order valence-corrected chi connectivity index (χ2v) is 5.29. The largest absolute Gasteiger partial charge is 0.342 e. The van der Waals surface area contributed by atoms with E-state index in [2.05, 4.69) is 5.10 Å². The number of likely N-dealkylation sites (tertiary alicyclic amines) is 2. The van der Waals surface area contributed by atoms with E-state index in [1.807, 2.05) is 11.8 Å². The Labute approximate surface area is 112 Å². The highest BCUT2D eigenvalue weighted by molar-refractivity contribution is 5.93. The summed E-state index contributed by atoms with van der Waals surface area (Å²) in [6.45, 7) is 4.77. The van der Waals surface area contributed by atoms with Crippen molar-refractivity contribution in [1.29, 1.82) is 0 Å². The third-order valence-corrected chi connectivity index (χ3v) is 4.23. The Kier molecular flexibility index (Phi) is 2.80. The molecule has 0 saturated carbocycles. The minimum absolute atomic E-state index is 0.00266. The van der Waals surface area contributed by atoms with Crippen LogP contribution in [0.5, 0.6) is 0 Å². The minimum Gasteiger partial charge on any atom is -0.342 e. The van der Waals surface area contributed by atoms with Gasteiger partial charge in [0.2, 0.25) is 5.91 Å². The summed E-state index contributed by atoms with van der Waals surface area (Å²) in [7, 11) is 1.76. The van der Waals surface area contributed by atoms with Crippen molar-refractivity contribution >= 4 is 11.8 Å². The van der Waals surface area contributed by atoms with Gasteiger partial charge in [0.25, 0.3) is 5.91 Å². The van der Waals surface area contributed by atoms with E-state index in [-0.39, 0.29) is 17.7 Å². The first-order chi connectivity index (χ1) is 9.11. The van der Waals surface area contributed by atoms with E-state index in [4.69, 9.17) is 0 Å². The van der Waals surface area contributed by atoms with Crippen molar-refractivity contribution in [2.45, 2.75) is 6.92 Å². The second kappa shape index (κ2) is 4.36. The number of nitrogens with zero attached hydrogens (tertiary/aromatic N) is 4. The molecule has 2 aliphatic rings. The van der Waals surface area contributed by atoms with E-state index in [0.717, 1.165) is 13.1 Å². The Morgan fingerprint density at radius 2 is 2.21 bits per heavy atom. The summed E-state index contributed by atoms with van der Waals surface area (Å²) in [4.78, 5) is 28.1. The van der Waals surface area contributed by atoms with E-state index < -0.39 is 0 Å². The highest BCUT2D eigenvalue weighted by Crippen LogP contribution is 2.32. The van der Waals surface area contributed by atoms with Crippen LogP contribution in [0.3, 0.4) is 0 Å². The van der Waals surface area contributed by atoms with Gasteiger partial charge in [-0.2, -0.15) is 5.10 Å². The molecule has 2 amide bonds. The molecule has 19 heavy (non-hydrogen) atoms. The topological polar surface area (TPSA) is 58.4 Å². The van der Waals surface area contributed by atoms with Crippen molar-refractivity contribution in [3.05, 3.63) is 18.0 Å². The fraction of sp³-hybridized carbons (Fsp3) is 0.615. The van der Waals surface area contributed by atoms with Crippen LogP contribution in [-0.2, 0) is 11.8 Å². The van der Waals surface area contributed by atoms with Crippen LogP contribution in [0.1, 0.15) is 17.4 Å². The summed E-state index contributed by atoms with van der Waals surface area (Å²) in [6.07, 6.45) is 1.62. The fourth-order valence-corrected chi connectivity index (χ4v) is 3.14. The lowest BCUT2D eigenvalue weighted by Gasteiger charge is -2.20. The molecular weight excluding hydrogens is 244 g/mol. The first-order valence-electron chi connectivity index (χ1n) is 6.68. The number of aromatic nitrogens is 2. The molecule has 2 atom stereocenters. The number of fused-ring (bicyclic) bond motifs is 1. The summed E-state index contributed by atoms with van der Waals surface area (Å²) in [5, 5.41) is 4.02. The quantitative estimate of drug-likeness (QED) is 0.752. The van der Waals surface area contributed by atoms with Gasteiger partial charge in [0.1, 0.15) is 5.69 Å². The zero-order valence-electron chi connectivity index (χ0n) is 11.2. The molecule has 2 aliphatic heterocycles. The predicted octanol–water partition coefficient (Wildman–Crippen LogP) is -0.0296. The number of aryl methyl sites for hydroxylation is 1. The number of carbonyl (C=O) groups excluding carboxylic acids is 2. The van der Waals surface area contributed by atoms with Gasteiger partial charge < -0.3 is 9.80 Å². The van der Waals surface area contributed by atoms with Gasteiger partial charge in [-0.05, 0) is 13.0 Å². The SMILES string of the molecule is CCN1C[C@@H]2CN(C(=O)c3ccnn3C)C[C@@H]2C1=O. The predicted molar refractivity (Wildman–Crippen MR) is 68.3 cm³/mol. The average molecular weight is 262 g/mol. The van der Waals surface area contributed by atoms with Crippen LogP contribution in [0.25, 0.3) is 0 Å². The van der Waals surface area contributed by atoms with E-state index in [1.54, 1.807) is 28.9 Å². The molecule has 3 rings (SSSR count). The molecule has 2 saturated heterocycles. The van der Waals surface area contributed by atoms with Gasteiger partial charge in [-0.3, -0.25) is 14.3 Å². The Bertz CT molecular complexity index is 524. The molecule has 0 bridgehead atoms. The average Bonchev–Trinajstić information content (AvgIpc) is 3.05. The molecule has 0 spiro atoms. The van der Waals surface area contributed by atoms with E-state index in [1.165, 1.54) is 0 Å². The van der Waals surface area contributed by atoms with Gasteiger partial charge >= 0.3 is 0 Å². The van der Waals surface area contributed by atoms with Crippen molar-refractivity contribution in [3.63, 3.8) is 0 Å². The highest BCUT2D eigenvalue weighted by Gasteiger charge is 2.47. The van der Waals surface area contributed by atoms with Gasteiger partial charge in [-0.15, -0.1) is 0 Å². The van der Waals surface area contributed by atoms with E-state index >= 15 is 0 Å². The smallest absolute Gasteiger partial charge is 0.272 e. The molecule has 6 heteroatoms. The fourth-order valence-electron chi connectivity index (χ4n) is 3.14. The normalized spacial score (nSPS) is 26.1. The maximum atomic E-state index is 12.4. The number of amides is 2. The Morgan fingerprint density at radius 1 is 1.42 bits per heavy atom. The zero-order chi connectivity index (χ0) is 13.6. The summed E-state index contributed by atoms with van der Waals surface area (Å²) in [5.41, 5.74) is 0.583. The molecule has 0 unspecified atom stereocenters. The lowest BCUT2D eigenvalue weighted by atomic mass is 10.0. The van der Waals surface area contributed by atoms with Gasteiger partial charge in [0.05, 0.1) is 5.92 Å². The molecule has 0 aliphatic carbocycles. The molecule has 0 aromatic carbocycles. The number of carbonyl (C=O) groups is 2. The molecule has 3 heterocycles. The summed E-state index contributed by atoms with van der Waals surface area (Å²) < 4.78 is 1.58. The van der Waals surface area contributed by atoms with Gasteiger partial charge in [0.15, 0.2) is 0 Å². The number of hydrogen-bond donors (Lipinski definition) is 0. The van der Waals surface area contributed by atoms with Gasteiger partial charge in [0, 0.05) is 45.3 Å². The Balaban J connectivity index is 1.73. The molecule has 0 N–H and O–H groups in total. The monoisotopic (exact) mass is 262 g/mol. The maximum Gasteiger partial charge on any atom is 0.272 e. The standard InChI is InChI=1S/C13H18N4O2/c1-3-16-6-9-7-17(8-10(9)12(16)18)13(19)11-4-5-14-15(11)2/h4-5,9-10H,3,6-8H2,1-2H3/t9-,10+/m1/s1. The molecule has 102 valence electrons. The molecule has 2 fully saturated rings. The van der Waals surface area contributed by atoms with E-state index in [0.29, 0.717) is 24.7 Å². The number of rotatable bonds is 2. The summed E-state index contributed by atoms with van der Waals surface area (Å²) in [5.74, 6) is 0.472. The van der Waals surface area contributed by atoms with Gasteiger partial charge in [-0.25, -0.2) is 0 Å². The second-order valence-electron chi connectivity index (χ2n) is 5.29. The molecule has 1 aromatic heterocycles. The van der Waals surface area contributed by atoms with Crippen LogP contribution in [0.2, 0.25) is 0 Å². The van der Waals surface area contributed by atoms with Crippen LogP contribution < -0.4 is 0 Å². The van der Waals surface area contributed by atoms with Crippen molar-refractivity contribution in [2.75, 3.05) is 26.2 Å². The van der Waals surface area contributed by atoms with Crippen LogP contribution in [-0.4, -0.2) is 57.6 Å². The van der Waals surface area contributed by atoms with Crippen LogP contribution in [0.4, 0.5) is 0 Å². The highest BCUT2D eigenvalue weighted by atomic mass is 16.2. The van der Waals surface area contributed by atoms with Gasteiger partial charge in [-0.1, -0.05) is 0 Å². The van der Waals surface area contributed by atoms with Crippen LogP contribution in [0, 0.1) is 11.8 Å². The number of hydrogen-bond acceptors (Lipinski definition) is 3. The van der Waals surface area contributed by atoms with Crippen LogP contribution in [0.15, 0.2) is 12.3 Å². The summed E-state index contributed by atoms with van der Waals surface area (Å²) in [6, 6.07) is 1.72. The third-order valence-electron chi connectivity index (χ3n) is 4.23. The molecule has 0 radical (unpaired) electrons. The Morgan fingerprint density at radius 3 is 2.79 bits per heavy atom. The van der Waals surface area contributed by atoms with Crippen molar-refractivity contribution in [2.24, 2.45) is 18.9 Å². The zero-order valence-corrected chi connectivity index (χ0v) is 11.2. The van der Waals surface area contributed by atoms with Crippen molar-refractivity contribution in [3.8, 4) is 0 Å². The molecule has 1 aromatic rings. The molecular formula is C13H18N4O2. The Hall–Kier alpha value is -1.85. The maximum absolute atomic E-state index is 12.4. The van der Waals surface area contributed by atoms with Crippen LogP contribution >= 0.6 is 0 Å². The van der Waals surface area contributed by atoms with E-state index in [9.17, 15) is 9.59 Å². The first kappa shape index (κ1) is 12.2. The first-order valence-corrected chi connectivity index (χ1v) is 6.68. The van der Waals surface area contributed by atoms with Crippen molar-refractivity contribution in [1.82, 2.24) is 19.6 Å². The van der Waals surface area contributed by atoms with Crippen molar-refractivity contribution < 1.29 is 9.59 Å². The molecule has 6 nitrogen and oxygen atoms in total. The lowest BCUT2D eigenvalue weighted by molar-refractivity contribution is -0.130. The summed E-state index contributed by atoms with van der Waals surface area (Å²) >= 11 is 0. The minimum atomic E-state index is -0.0229. The third kappa shape index (κ3) is 1.82. The lowest BCUT2D eigenvalue weighted by Crippen LogP contribution is -2.36.